The van der Waals surface area contributed by atoms with E-state index < -0.39 is 9.84 Å². The zero-order chi connectivity index (χ0) is 15.6. The van der Waals surface area contributed by atoms with Crippen LogP contribution >= 0.6 is 12.4 Å². The molecule has 1 saturated carbocycles. The van der Waals surface area contributed by atoms with Gasteiger partial charge in [0.2, 0.25) is 0 Å². The molecule has 0 atom stereocenters. The summed E-state index contributed by atoms with van der Waals surface area (Å²) in [5.74, 6) is 1.16. The number of nitrogens with two attached hydrogens (primary N) is 1. The predicted octanol–water partition coefficient (Wildman–Crippen LogP) is 4.48. The minimum atomic E-state index is -2.84. The number of hydrogen-bond donors (Lipinski definition) is 1. The Labute approximate surface area is 144 Å². The standard InChI is InChI=1S/C17H35NO2S.ClH/c1-2-3-4-5-6-7-8-9-14-21(19,20)15-16-10-12-17(18)13-11-16;/h16-17H,2-15,18H2,1H3;1H. The van der Waals surface area contributed by atoms with Gasteiger partial charge in [-0.3, -0.25) is 0 Å². The van der Waals surface area contributed by atoms with Gasteiger partial charge < -0.3 is 5.73 Å². The lowest BCUT2D eigenvalue weighted by Crippen LogP contribution is -2.30. The van der Waals surface area contributed by atoms with Crippen LogP contribution in [0.4, 0.5) is 0 Å². The monoisotopic (exact) mass is 353 g/mol. The molecule has 1 aliphatic carbocycles. The van der Waals surface area contributed by atoms with E-state index in [0.717, 1.165) is 38.5 Å². The molecule has 134 valence electrons. The van der Waals surface area contributed by atoms with Crippen molar-refractivity contribution in [3.8, 4) is 0 Å². The van der Waals surface area contributed by atoms with Gasteiger partial charge in [-0.1, -0.05) is 51.9 Å². The van der Waals surface area contributed by atoms with Gasteiger partial charge in [-0.2, -0.15) is 0 Å². The highest BCUT2D eigenvalue weighted by molar-refractivity contribution is 7.91. The molecule has 0 aliphatic heterocycles. The summed E-state index contributed by atoms with van der Waals surface area (Å²) in [7, 11) is -2.84. The van der Waals surface area contributed by atoms with E-state index in [1.54, 1.807) is 0 Å². The first-order valence-electron chi connectivity index (χ1n) is 8.99. The molecule has 0 aromatic carbocycles. The molecule has 2 N–H and O–H groups in total. The van der Waals surface area contributed by atoms with Gasteiger partial charge in [-0.05, 0) is 38.0 Å². The quantitative estimate of drug-likeness (QED) is 0.557. The third-order valence-corrected chi connectivity index (χ3v) is 6.58. The lowest BCUT2D eigenvalue weighted by atomic mass is 9.88. The van der Waals surface area contributed by atoms with Crippen LogP contribution in [-0.4, -0.2) is 26.0 Å². The van der Waals surface area contributed by atoms with Crippen molar-refractivity contribution in [1.29, 1.82) is 0 Å². The summed E-state index contributed by atoms with van der Waals surface area (Å²) in [5, 5.41) is 0. The summed E-state index contributed by atoms with van der Waals surface area (Å²) >= 11 is 0. The van der Waals surface area contributed by atoms with Crippen molar-refractivity contribution < 1.29 is 8.42 Å². The second kappa shape index (κ2) is 12.6. The molecule has 0 radical (unpaired) electrons. The first kappa shape index (κ1) is 22.2. The van der Waals surface area contributed by atoms with Crippen LogP contribution in [0.3, 0.4) is 0 Å². The van der Waals surface area contributed by atoms with Crippen LogP contribution in [0, 0.1) is 5.92 Å². The Balaban J connectivity index is 0.00000441. The maximum absolute atomic E-state index is 12.1. The maximum atomic E-state index is 12.1. The fourth-order valence-corrected chi connectivity index (χ4v) is 5.12. The number of hydrogen-bond acceptors (Lipinski definition) is 3. The van der Waals surface area contributed by atoms with Gasteiger partial charge in [-0.25, -0.2) is 8.42 Å². The van der Waals surface area contributed by atoms with Crippen molar-refractivity contribution in [2.75, 3.05) is 11.5 Å². The summed E-state index contributed by atoms with van der Waals surface area (Å²) in [6.45, 7) is 2.23. The highest BCUT2D eigenvalue weighted by atomic mass is 35.5. The van der Waals surface area contributed by atoms with E-state index in [2.05, 4.69) is 6.92 Å². The van der Waals surface area contributed by atoms with Crippen LogP contribution in [0.25, 0.3) is 0 Å². The van der Waals surface area contributed by atoms with Gasteiger partial charge in [0.25, 0.3) is 0 Å². The van der Waals surface area contributed by atoms with Crippen LogP contribution in [0.2, 0.25) is 0 Å². The first-order valence-corrected chi connectivity index (χ1v) is 10.8. The van der Waals surface area contributed by atoms with E-state index in [-0.39, 0.29) is 12.4 Å². The zero-order valence-electron chi connectivity index (χ0n) is 14.3. The number of rotatable bonds is 11. The smallest absolute Gasteiger partial charge is 0.150 e. The Hall–Kier alpha value is 0.200. The second-order valence-electron chi connectivity index (χ2n) is 6.87. The summed E-state index contributed by atoms with van der Waals surface area (Å²) in [5.41, 5.74) is 5.87. The minimum absolute atomic E-state index is 0. The molecule has 1 aliphatic rings. The van der Waals surface area contributed by atoms with Crippen LogP contribution in [0.1, 0.15) is 84.0 Å². The van der Waals surface area contributed by atoms with Crippen molar-refractivity contribution in [3.63, 3.8) is 0 Å². The van der Waals surface area contributed by atoms with Gasteiger partial charge in [-0.15, -0.1) is 12.4 Å². The van der Waals surface area contributed by atoms with Crippen molar-refractivity contribution >= 4 is 22.2 Å². The van der Waals surface area contributed by atoms with Gasteiger partial charge in [0.15, 0.2) is 9.84 Å². The van der Waals surface area contributed by atoms with Crippen molar-refractivity contribution in [3.05, 3.63) is 0 Å². The van der Waals surface area contributed by atoms with Crippen molar-refractivity contribution in [2.24, 2.45) is 11.7 Å². The Kier molecular flexibility index (Phi) is 12.7. The van der Waals surface area contributed by atoms with E-state index in [0.29, 0.717) is 23.5 Å². The van der Waals surface area contributed by atoms with Gasteiger partial charge in [0.05, 0.1) is 11.5 Å². The molecule has 0 bridgehead atoms. The molecular weight excluding hydrogens is 318 g/mol. The SMILES string of the molecule is CCCCCCCCCCS(=O)(=O)CC1CCC(N)CC1.Cl. The Morgan fingerprint density at radius 1 is 0.864 bits per heavy atom. The number of sulfone groups is 1. The molecule has 0 aromatic heterocycles. The fraction of sp³-hybridized carbons (Fsp3) is 1.00. The topological polar surface area (TPSA) is 60.2 Å². The maximum Gasteiger partial charge on any atom is 0.150 e. The van der Waals surface area contributed by atoms with Crippen molar-refractivity contribution in [2.45, 2.75) is 90.0 Å². The first-order chi connectivity index (χ1) is 10.0. The summed E-state index contributed by atoms with van der Waals surface area (Å²) in [4.78, 5) is 0. The van der Waals surface area contributed by atoms with Gasteiger partial charge in [0, 0.05) is 6.04 Å². The van der Waals surface area contributed by atoms with Gasteiger partial charge in [0.1, 0.15) is 0 Å². The lowest BCUT2D eigenvalue weighted by molar-refractivity contribution is 0.348. The highest BCUT2D eigenvalue weighted by Crippen LogP contribution is 2.25. The predicted molar refractivity (Wildman–Crippen MR) is 98.4 cm³/mol. The Morgan fingerprint density at radius 3 is 1.91 bits per heavy atom. The molecule has 22 heavy (non-hydrogen) atoms. The molecule has 3 nitrogen and oxygen atoms in total. The van der Waals surface area contributed by atoms with E-state index >= 15 is 0 Å². The zero-order valence-corrected chi connectivity index (χ0v) is 15.9. The molecule has 5 heteroatoms. The third kappa shape index (κ3) is 10.8. The molecular formula is C17H36ClNO2S. The summed E-state index contributed by atoms with van der Waals surface area (Å²) in [6.07, 6.45) is 13.6. The Morgan fingerprint density at radius 2 is 1.36 bits per heavy atom. The van der Waals surface area contributed by atoms with Crippen molar-refractivity contribution in [1.82, 2.24) is 0 Å². The molecule has 0 spiro atoms. The van der Waals surface area contributed by atoms with Gasteiger partial charge >= 0.3 is 0 Å². The molecule has 0 unspecified atom stereocenters. The molecule has 0 saturated heterocycles. The second-order valence-corrected chi connectivity index (χ2v) is 9.10. The van der Waals surface area contributed by atoms with Crippen LogP contribution in [0.5, 0.6) is 0 Å². The summed E-state index contributed by atoms with van der Waals surface area (Å²) < 4.78 is 24.2. The molecule has 0 heterocycles. The third-order valence-electron chi connectivity index (χ3n) is 4.69. The summed E-state index contributed by atoms with van der Waals surface area (Å²) in [6, 6.07) is 0.302. The van der Waals surface area contributed by atoms with E-state index in [9.17, 15) is 8.42 Å². The average molecular weight is 354 g/mol. The van der Waals surface area contributed by atoms with Crippen LogP contribution < -0.4 is 5.73 Å². The molecule has 0 aromatic rings. The van der Waals surface area contributed by atoms with Crippen LogP contribution in [-0.2, 0) is 9.84 Å². The fourth-order valence-electron chi connectivity index (χ4n) is 3.25. The van der Waals surface area contributed by atoms with E-state index in [1.165, 1.54) is 38.5 Å². The van der Waals surface area contributed by atoms with Crippen LogP contribution in [0.15, 0.2) is 0 Å². The Bertz CT molecular complexity index is 352. The molecule has 1 fully saturated rings. The van der Waals surface area contributed by atoms with E-state index in [1.807, 2.05) is 0 Å². The normalized spacial score (nSPS) is 22.3. The highest BCUT2D eigenvalue weighted by Gasteiger charge is 2.23. The number of halogens is 1. The molecule has 0 amide bonds. The lowest BCUT2D eigenvalue weighted by Gasteiger charge is -2.25. The number of unbranched alkanes of at least 4 members (excludes halogenated alkanes) is 7. The largest absolute Gasteiger partial charge is 0.328 e. The van der Waals surface area contributed by atoms with E-state index in [4.69, 9.17) is 5.73 Å². The minimum Gasteiger partial charge on any atom is -0.328 e. The molecule has 1 rings (SSSR count). The average Bonchev–Trinajstić information content (AvgIpc) is 2.44.